The number of hydrogen-bond donors (Lipinski definition) is 1. The summed E-state index contributed by atoms with van der Waals surface area (Å²) in [4.78, 5) is 16.0. The van der Waals surface area contributed by atoms with E-state index in [1.54, 1.807) is 0 Å². The number of fused-ring (bicyclic) bond motifs is 1. The summed E-state index contributed by atoms with van der Waals surface area (Å²) in [5.74, 6) is 0.435. The number of para-hydroxylation sites is 2. The summed E-state index contributed by atoms with van der Waals surface area (Å²) in [5.41, 5.74) is 5.01. The quantitative estimate of drug-likeness (QED) is 0.504. The third kappa shape index (κ3) is 4.32. The topological polar surface area (TPSA) is 67.5 Å². The molecule has 1 aromatic carbocycles. The molecule has 0 aliphatic rings. The molecule has 5 nitrogen and oxygen atoms in total. The Balaban J connectivity index is 1.86. The van der Waals surface area contributed by atoms with Gasteiger partial charge in [-0.3, -0.25) is 4.79 Å². The number of nitrogens with zero attached hydrogens (tertiary/aromatic N) is 2. The minimum atomic E-state index is -0.162. The highest BCUT2D eigenvalue weighted by Crippen LogP contribution is 2.22. The highest BCUT2D eigenvalue weighted by molar-refractivity contribution is 7.99. The van der Waals surface area contributed by atoms with E-state index in [0.29, 0.717) is 11.1 Å². The summed E-state index contributed by atoms with van der Waals surface area (Å²) < 4.78 is 5.54. The van der Waals surface area contributed by atoms with Crippen molar-refractivity contribution in [1.82, 2.24) is 10.4 Å². The third-order valence-corrected chi connectivity index (χ3v) is 4.11. The molecule has 0 saturated carbocycles. The van der Waals surface area contributed by atoms with Gasteiger partial charge in [0.25, 0.3) is 11.1 Å². The number of aromatic nitrogens is 1. The van der Waals surface area contributed by atoms with Gasteiger partial charge in [-0.05, 0) is 31.4 Å². The summed E-state index contributed by atoms with van der Waals surface area (Å²) >= 11 is 1.26. The first-order valence-electron chi connectivity index (χ1n) is 6.91. The van der Waals surface area contributed by atoms with Crippen LogP contribution in [0.15, 0.2) is 39.0 Å². The molecule has 1 N–H and O–H groups in total. The molecule has 0 saturated heterocycles. The molecule has 21 heavy (non-hydrogen) atoms. The number of oxazole rings is 1. The second-order valence-corrected chi connectivity index (χ2v) is 5.76. The average Bonchev–Trinajstić information content (AvgIpc) is 2.92. The molecule has 1 aromatic heterocycles. The van der Waals surface area contributed by atoms with Gasteiger partial charge in [-0.2, -0.15) is 5.10 Å². The minimum absolute atomic E-state index is 0.162. The van der Waals surface area contributed by atoms with E-state index in [-0.39, 0.29) is 11.7 Å². The molecule has 2 rings (SSSR count). The number of hydrogen-bond acceptors (Lipinski definition) is 5. The van der Waals surface area contributed by atoms with Gasteiger partial charge in [0.05, 0.1) is 5.75 Å². The Bertz CT molecular complexity index is 618. The molecule has 0 bridgehead atoms. The van der Waals surface area contributed by atoms with Crippen molar-refractivity contribution in [2.75, 3.05) is 5.75 Å². The molecule has 1 unspecified atom stereocenters. The molecule has 1 amide bonds. The van der Waals surface area contributed by atoms with Crippen molar-refractivity contribution in [3.63, 3.8) is 0 Å². The number of carbonyl (C=O) groups is 1. The fourth-order valence-corrected chi connectivity index (χ4v) is 2.26. The van der Waals surface area contributed by atoms with Crippen molar-refractivity contribution in [2.45, 2.75) is 32.4 Å². The van der Waals surface area contributed by atoms with Crippen LogP contribution in [0.2, 0.25) is 0 Å². The van der Waals surface area contributed by atoms with Crippen molar-refractivity contribution < 1.29 is 9.21 Å². The van der Waals surface area contributed by atoms with Gasteiger partial charge in [0.2, 0.25) is 0 Å². The van der Waals surface area contributed by atoms with E-state index in [1.807, 2.05) is 31.2 Å². The van der Waals surface area contributed by atoms with Crippen LogP contribution in [0.4, 0.5) is 0 Å². The number of benzene rings is 1. The van der Waals surface area contributed by atoms with E-state index in [4.69, 9.17) is 4.42 Å². The second kappa shape index (κ2) is 7.26. The Morgan fingerprint density at radius 1 is 1.48 bits per heavy atom. The van der Waals surface area contributed by atoms with Gasteiger partial charge >= 0.3 is 0 Å². The van der Waals surface area contributed by atoms with Crippen LogP contribution in [0, 0.1) is 5.92 Å². The molecular formula is C15H19N3O2S. The maximum Gasteiger partial charge on any atom is 0.257 e. The van der Waals surface area contributed by atoms with Crippen molar-refractivity contribution >= 4 is 34.5 Å². The lowest BCUT2D eigenvalue weighted by Crippen LogP contribution is -2.22. The molecule has 1 atom stereocenters. The molecule has 2 aromatic rings. The number of thioether (sulfide) groups is 1. The van der Waals surface area contributed by atoms with Crippen LogP contribution in [0.1, 0.15) is 27.2 Å². The maximum absolute atomic E-state index is 11.7. The number of amides is 1. The van der Waals surface area contributed by atoms with Crippen LogP contribution < -0.4 is 5.43 Å². The van der Waals surface area contributed by atoms with Gasteiger partial charge in [-0.25, -0.2) is 10.4 Å². The van der Waals surface area contributed by atoms with Gasteiger partial charge in [0.15, 0.2) is 5.58 Å². The normalized spacial score (nSPS) is 13.4. The number of hydrazone groups is 1. The Hall–Kier alpha value is -1.82. The first-order chi connectivity index (χ1) is 10.1. The molecular weight excluding hydrogens is 286 g/mol. The zero-order valence-corrected chi connectivity index (χ0v) is 13.2. The molecule has 112 valence electrons. The Morgan fingerprint density at radius 2 is 2.24 bits per heavy atom. The fraction of sp³-hybridized carbons (Fsp3) is 0.400. The highest BCUT2D eigenvalue weighted by atomic mass is 32.2. The van der Waals surface area contributed by atoms with Gasteiger partial charge in [-0.1, -0.05) is 37.7 Å². The van der Waals surface area contributed by atoms with Crippen molar-refractivity contribution in [1.29, 1.82) is 0 Å². The van der Waals surface area contributed by atoms with Crippen LogP contribution in [-0.4, -0.2) is 22.4 Å². The highest BCUT2D eigenvalue weighted by Gasteiger charge is 2.09. The summed E-state index contributed by atoms with van der Waals surface area (Å²) in [5, 5.41) is 4.60. The number of rotatable bonds is 6. The second-order valence-electron chi connectivity index (χ2n) is 4.83. The van der Waals surface area contributed by atoms with Crippen molar-refractivity contribution in [3.8, 4) is 0 Å². The van der Waals surface area contributed by atoms with Gasteiger partial charge < -0.3 is 4.42 Å². The molecule has 0 aliphatic heterocycles. The van der Waals surface area contributed by atoms with E-state index in [1.165, 1.54) is 11.8 Å². The van der Waals surface area contributed by atoms with E-state index in [2.05, 4.69) is 29.4 Å². The Kier molecular flexibility index (Phi) is 5.38. The first kappa shape index (κ1) is 15.6. The predicted octanol–water partition coefficient (Wildman–Crippen LogP) is 3.46. The maximum atomic E-state index is 11.7. The molecule has 1 heterocycles. The fourth-order valence-electron chi connectivity index (χ4n) is 1.63. The minimum Gasteiger partial charge on any atom is -0.431 e. The monoisotopic (exact) mass is 305 g/mol. The first-order valence-corrected chi connectivity index (χ1v) is 7.90. The Morgan fingerprint density at radius 3 is 2.95 bits per heavy atom. The van der Waals surface area contributed by atoms with Crippen LogP contribution in [-0.2, 0) is 4.79 Å². The zero-order chi connectivity index (χ0) is 15.2. The average molecular weight is 305 g/mol. The third-order valence-electron chi connectivity index (χ3n) is 3.28. The van der Waals surface area contributed by atoms with E-state index < -0.39 is 0 Å². The summed E-state index contributed by atoms with van der Waals surface area (Å²) in [6, 6.07) is 7.52. The molecule has 0 aliphatic carbocycles. The standard InChI is InChI=1S/C15H19N3O2S/c1-4-10(2)11(3)17-18-14(19)9-21-15-16-12-7-5-6-8-13(12)20-15/h5-8,10H,4,9H2,1-3H3,(H,18,19). The van der Waals surface area contributed by atoms with Crippen LogP contribution in [0.3, 0.4) is 0 Å². The van der Waals surface area contributed by atoms with Crippen LogP contribution >= 0.6 is 11.8 Å². The summed E-state index contributed by atoms with van der Waals surface area (Å²) in [6.45, 7) is 6.09. The van der Waals surface area contributed by atoms with Crippen LogP contribution in [0.25, 0.3) is 11.1 Å². The van der Waals surface area contributed by atoms with Gasteiger partial charge in [-0.15, -0.1) is 0 Å². The van der Waals surface area contributed by atoms with E-state index in [9.17, 15) is 4.79 Å². The lowest BCUT2D eigenvalue weighted by atomic mass is 10.1. The molecule has 0 spiro atoms. The number of carbonyl (C=O) groups excluding carboxylic acids is 1. The molecule has 0 radical (unpaired) electrons. The van der Waals surface area contributed by atoms with E-state index in [0.717, 1.165) is 23.2 Å². The number of nitrogens with one attached hydrogen (secondary N) is 1. The lowest BCUT2D eigenvalue weighted by molar-refractivity contribution is -0.118. The Labute approximate surface area is 128 Å². The van der Waals surface area contributed by atoms with Crippen molar-refractivity contribution in [2.24, 2.45) is 11.0 Å². The smallest absolute Gasteiger partial charge is 0.257 e. The molecule has 0 fully saturated rings. The largest absolute Gasteiger partial charge is 0.431 e. The van der Waals surface area contributed by atoms with Crippen molar-refractivity contribution in [3.05, 3.63) is 24.3 Å². The molecule has 6 heteroatoms. The summed E-state index contributed by atoms with van der Waals surface area (Å²) in [7, 11) is 0. The lowest BCUT2D eigenvalue weighted by Gasteiger charge is -2.07. The van der Waals surface area contributed by atoms with E-state index >= 15 is 0 Å². The SMILES string of the molecule is CCC(C)C(C)=NNC(=O)CSc1nc2ccccc2o1. The van der Waals surface area contributed by atoms with Gasteiger partial charge in [0.1, 0.15) is 5.52 Å². The predicted molar refractivity (Wildman–Crippen MR) is 85.4 cm³/mol. The van der Waals surface area contributed by atoms with Crippen LogP contribution in [0.5, 0.6) is 0 Å². The zero-order valence-electron chi connectivity index (χ0n) is 12.4. The summed E-state index contributed by atoms with van der Waals surface area (Å²) in [6.07, 6.45) is 1.00. The van der Waals surface area contributed by atoms with Gasteiger partial charge in [0, 0.05) is 5.71 Å².